The Morgan fingerprint density at radius 3 is 2.94 bits per heavy atom. The van der Waals surface area contributed by atoms with Gasteiger partial charge < -0.3 is 5.32 Å². The summed E-state index contributed by atoms with van der Waals surface area (Å²) < 4.78 is 0.892. The molecule has 1 nitrogen and oxygen atoms in total. The molecule has 0 spiro atoms. The molecule has 0 aromatic carbocycles. The third-order valence-corrected chi connectivity index (χ3v) is 5.28. The van der Waals surface area contributed by atoms with Crippen LogP contribution in [0.1, 0.15) is 56.9 Å². The lowest BCUT2D eigenvalue weighted by Gasteiger charge is -2.31. The van der Waals surface area contributed by atoms with Crippen molar-refractivity contribution in [2.24, 2.45) is 5.92 Å². The molecular formula is C14H22ClNS. The summed E-state index contributed by atoms with van der Waals surface area (Å²) in [5, 5.41) is 3.76. The smallest absolute Gasteiger partial charge is 0.0931 e. The van der Waals surface area contributed by atoms with Crippen LogP contribution in [-0.4, -0.2) is 6.04 Å². The number of rotatable bonds is 4. The zero-order chi connectivity index (χ0) is 12.3. The van der Waals surface area contributed by atoms with Crippen LogP contribution < -0.4 is 5.32 Å². The van der Waals surface area contributed by atoms with Crippen molar-refractivity contribution in [2.75, 3.05) is 0 Å². The number of hydrogen-bond donors (Lipinski definition) is 1. The summed E-state index contributed by atoms with van der Waals surface area (Å²) in [4.78, 5) is 1.36. The second-order valence-corrected chi connectivity index (χ2v) is 6.91. The fourth-order valence-electron chi connectivity index (χ4n) is 2.81. The summed E-state index contributed by atoms with van der Waals surface area (Å²) in [6.07, 6.45) is 6.82. The molecule has 96 valence electrons. The minimum absolute atomic E-state index is 0.438. The molecule has 0 aliphatic heterocycles. The first-order valence-corrected chi connectivity index (χ1v) is 7.89. The molecule has 1 fully saturated rings. The van der Waals surface area contributed by atoms with Crippen molar-refractivity contribution in [1.82, 2.24) is 5.32 Å². The summed E-state index contributed by atoms with van der Waals surface area (Å²) in [6.45, 7) is 4.56. The number of nitrogens with one attached hydrogen (secondary N) is 1. The average Bonchev–Trinajstić information content (AvgIpc) is 2.76. The Morgan fingerprint density at radius 2 is 2.29 bits per heavy atom. The predicted molar refractivity (Wildman–Crippen MR) is 76.9 cm³/mol. The highest BCUT2D eigenvalue weighted by molar-refractivity contribution is 7.16. The summed E-state index contributed by atoms with van der Waals surface area (Å²) >= 11 is 7.68. The highest BCUT2D eigenvalue weighted by Gasteiger charge is 2.22. The fraction of sp³-hybridized carbons (Fsp3) is 0.714. The van der Waals surface area contributed by atoms with Crippen molar-refractivity contribution >= 4 is 22.9 Å². The molecule has 1 heterocycles. The van der Waals surface area contributed by atoms with Gasteiger partial charge in [-0.2, -0.15) is 0 Å². The number of halogens is 1. The molecule has 0 radical (unpaired) electrons. The molecule has 0 bridgehead atoms. The molecule has 1 N–H and O–H groups in total. The van der Waals surface area contributed by atoms with E-state index in [4.69, 9.17) is 11.6 Å². The molecule has 0 saturated heterocycles. The zero-order valence-electron chi connectivity index (χ0n) is 10.7. The Kier molecular flexibility index (Phi) is 4.89. The van der Waals surface area contributed by atoms with Crippen LogP contribution in [0, 0.1) is 5.92 Å². The van der Waals surface area contributed by atoms with Gasteiger partial charge in [-0.25, -0.2) is 0 Å². The van der Waals surface area contributed by atoms with Gasteiger partial charge in [0.2, 0.25) is 0 Å². The van der Waals surface area contributed by atoms with E-state index in [9.17, 15) is 0 Å². The van der Waals surface area contributed by atoms with E-state index in [2.05, 4.69) is 25.2 Å². The van der Waals surface area contributed by atoms with Gasteiger partial charge in [-0.1, -0.05) is 37.8 Å². The molecule has 0 amide bonds. The third-order valence-electron chi connectivity index (χ3n) is 3.87. The minimum atomic E-state index is 0.438. The van der Waals surface area contributed by atoms with Crippen molar-refractivity contribution in [3.8, 4) is 0 Å². The highest BCUT2D eigenvalue weighted by atomic mass is 35.5. The van der Waals surface area contributed by atoms with Crippen LogP contribution in [0.2, 0.25) is 4.34 Å². The van der Waals surface area contributed by atoms with Crippen molar-refractivity contribution in [1.29, 1.82) is 0 Å². The Bertz CT molecular complexity index is 350. The highest BCUT2D eigenvalue weighted by Crippen LogP contribution is 2.30. The van der Waals surface area contributed by atoms with Crippen LogP contribution >= 0.6 is 22.9 Å². The van der Waals surface area contributed by atoms with Crippen LogP contribution in [0.15, 0.2) is 12.1 Å². The Hall–Kier alpha value is -0.0500. The van der Waals surface area contributed by atoms with Gasteiger partial charge in [0.05, 0.1) is 4.34 Å². The minimum Gasteiger partial charge on any atom is -0.307 e. The van der Waals surface area contributed by atoms with E-state index in [0.29, 0.717) is 12.1 Å². The summed E-state index contributed by atoms with van der Waals surface area (Å²) in [5.74, 6) is 0.931. The molecule has 1 aromatic heterocycles. The molecule has 1 aromatic rings. The number of thiophene rings is 1. The number of hydrogen-bond acceptors (Lipinski definition) is 2. The zero-order valence-corrected chi connectivity index (χ0v) is 12.3. The molecule has 3 atom stereocenters. The molecule has 17 heavy (non-hydrogen) atoms. The van der Waals surface area contributed by atoms with Gasteiger partial charge in [-0.3, -0.25) is 0 Å². The third kappa shape index (κ3) is 3.70. The second kappa shape index (κ2) is 6.21. The molecule has 2 rings (SSSR count). The van der Waals surface area contributed by atoms with E-state index in [0.717, 1.165) is 10.3 Å². The van der Waals surface area contributed by atoms with E-state index >= 15 is 0 Å². The molecule has 1 saturated carbocycles. The first-order valence-electron chi connectivity index (χ1n) is 6.70. The van der Waals surface area contributed by atoms with Crippen LogP contribution in [0.5, 0.6) is 0 Å². The Labute approximate surface area is 114 Å². The molecular weight excluding hydrogens is 250 g/mol. The van der Waals surface area contributed by atoms with Crippen LogP contribution in [0.3, 0.4) is 0 Å². The van der Waals surface area contributed by atoms with Gasteiger partial charge in [0, 0.05) is 17.0 Å². The van der Waals surface area contributed by atoms with E-state index < -0.39 is 0 Å². The summed E-state index contributed by atoms with van der Waals surface area (Å²) in [5.41, 5.74) is 0. The van der Waals surface area contributed by atoms with Crippen LogP contribution in [0.25, 0.3) is 0 Å². The van der Waals surface area contributed by atoms with Crippen molar-refractivity contribution < 1.29 is 0 Å². The largest absolute Gasteiger partial charge is 0.307 e. The topological polar surface area (TPSA) is 12.0 Å². The SMILES string of the molecule is CCC1CCCC(NC(C)c2ccc(Cl)s2)C1. The maximum absolute atomic E-state index is 5.98. The van der Waals surface area contributed by atoms with Crippen molar-refractivity contribution in [2.45, 2.75) is 58.0 Å². The average molecular weight is 272 g/mol. The van der Waals surface area contributed by atoms with Crippen molar-refractivity contribution in [3.63, 3.8) is 0 Å². The van der Waals surface area contributed by atoms with E-state index in [-0.39, 0.29) is 0 Å². The van der Waals surface area contributed by atoms with E-state index in [1.165, 1.54) is 37.0 Å². The Balaban J connectivity index is 1.87. The van der Waals surface area contributed by atoms with E-state index in [1.54, 1.807) is 11.3 Å². The Morgan fingerprint density at radius 1 is 1.47 bits per heavy atom. The van der Waals surface area contributed by atoms with Gasteiger partial charge >= 0.3 is 0 Å². The van der Waals surface area contributed by atoms with Gasteiger partial charge in [0.1, 0.15) is 0 Å². The lowest BCUT2D eigenvalue weighted by atomic mass is 9.84. The maximum Gasteiger partial charge on any atom is 0.0931 e. The van der Waals surface area contributed by atoms with Gasteiger partial charge in [0.25, 0.3) is 0 Å². The first kappa shape index (κ1) is 13.4. The second-order valence-electron chi connectivity index (χ2n) is 5.17. The lowest BCUT2D eigenvalue weighted by Crippen LogP contribution is -2.35. The molecule has 1 aliphatic carbocycles. The first-order chi connectivity index (χ1) is 8.19. The fourth-order valence-corrected chi connectivity index (χ4v) is 3.88. The van der Waals surface area contributed by atoms with Gasteiger partial charge in [0.15, 0.2) is 0 Å². The van der Waals surface area contributed by atoms with Crippen LogP contribution in [0.4, 0.5) is 0 Å². The quantitative estimate of drug-likeness (QED) is 0.811. The van der Waals surface area contributed by atoms with Crippen LogP contribution in [-0.2, 0) is 0 Å². The molecule has 1 aliphatic rings. The van der Waals surface area contributed by atoms with Crippen molar-refractivity contribution in [3.05, 3.63) is 21.3 Å². The van der Waals surface area contributed by atoms with Gasteiger partial charge in [-0.15, -0.1) is 11.3 Å². The standard InChI is InChI=1S/C14H22ClNS/c1-3-11-5-4-6-12(9-11)16-10(2)13-7-8-14(15)17-13/h7-8,10-12,16H,3-6,9H2,1-2H3. The predicted octanol–water partition coefficient (Wildman–Crippen LogP) is 5.02. The summed E-state index contributed by atoms with van der Waals surface area (Å²) in [7, 11) is 0. The van der Waals surface area contributed by atoms with E-state index in [1.807, 2.05) is 6.07 Å². The molecule has 3 heteroatoms. The normalized spacial score (nSPS) is 27.0. The lowest BCUT2D eigenvalue weighted by molar-refractivity contribution is 0.266. The maximum atomic E-state index is 5.98. The molecule has 3 unspecified atom stereocenters. The monoisotopic (exact) mass is 271 g/mol. The van der Waals surface area contributed by atoms with Gasteiger partial charge in [-0.05, 0) is 37.8 Å². The summed E-state index contributed by atoms with van der Waals surface area (Å²) in [6, 6.07) is 5.28.